The minimum atomic E-state index is -0.527. The van der Waals surface area contributed by atoms with Gasteiger partial charge in [-0.2, -0.15) is 0 Å². The summed E-state index contributed by atoms with van der Waals surface area (Å²) in [7, 11) is 0. The van der Waals surface area contributed by atoms with Crippen LogP contribution in [0.25, 0.3) is 0 Å². The van der Waals surface area contributed by atoms with Gasteiger partial charge in [0.25, 0.3) is 0 Å². The van der Waals surface area contributed by atoms with Crippen LogP contribution >= 0.6 is 11.3 Å². The number of nitrogens with two attached hydrogens (primary N) is 1. The summed E-state index contributed by atoms with van der Waals surface area (Å²) in [5.74, 6) is -0.00815. The number of hydrogen-bond acceptors (Lipinski definition) is 3. The van der Waals surface area contributed by atoms with E-state index in [1.807, 2.05) is 47.8 Å². The van der Waals surface area contributed by atoms with E-state index in [1.165, 1.54) is 0 Å². The van der Waals surface area contributed by atoms with Crippen LogP contribution < -0.4 is 5.73 Å². The van der Waals surface area contributed by atoms with E-state index < -0.39 is 6.10 Å². The molecule has 2 atom stereocenters. The Kier molecular flexibility index (Phi) is 3.72. The Morgan fingerprint density at radius 2 is 1.88 bits per heavy atom. The smallest absolute Gasteiger partial charge is 0.0779 e. The molecule has 2 aromatic rings. The maximum Gasteiger partial charge on any atom is 0.0779 e. The second-order valence-corrected chi connectivity index (χ2v) is 4.69. The lowest BCUT2D eigenvalue weighted by atomic mass is 9.92. The van der Waals surface area contributed by atoms with Gasteiger partial charge in [-0.25, -0.2) is 0 Å². The van der Waals surface area contributed by atoms with Crippen molar-refractivity contribution in [1.29, 1.82) is 0 Å². The molecule has 0 radical (unpaired) electrons. The summed E-state index contributed by atoms with van der Waals surface area (Å²) in [6.45, 7) is 0.275. The van der Waals surface area contributed by atoms with Crippen molar-refractivity contribution < 1.29 is 5.11 Å². The summed E-state index contributed by atoms with van der Waals surface area (Å²) in [6.07, 6.45) is -0.527. The number of benzene rings is 1. The van der Waals surface area contributed by atoms with Crippen LogP contribution in [0.5, 0.6) is 0 Å². The molecule has 3 heteroatoms. The second-order valence-electron chi connectivity index (χ2n) is 3.71. The third-order valence-electron chi connectivity index (χ3n) is 2.63. The average molecular weight is 233 g/mol. The zero-order valence-electron chi connectivity index (χ0n) is 8.91. The van der Waals surface area contributed by atoms with Gasteiger partial charge < -0.3 is 10.8 Å². The van der Waals surface area contributed by atoms with E-state index in [4.69, 9.17) is 5.73 Å². The molecule has 2 unspecified atom stereocenters. The Labute approximate surface area is 99.4 Å². The summed E-state index contributed by atoms with van der Waals surface area (Å²) in [5, 5.41) is 12.0. The number of aliphatic hydroxyl groups is 1. The van der Waals surface area contributed by atoms with E-state index in [9.17, 15) is 5.11 Å². The van der Waals surface area contributed by atoms with Crippen molar-refractivity contribution in [1.82, 2.24) is 0 Å². The first-order chi connectivity index (χ1) is 7.83. The quantitative estimate of drug-likeness (QED) is 0.850. The van der Waals surface area contributed by atoms with Gasteiger partial charge >= 0.3 is 0 Å². The van der Waals surface area contributed by atoms with Gasteiger partial charge in [0.2, 0.25) is 0 Å². The van der Waals surface area contributed by atoms with Gasteiger partial charge in [-0.15, -0.1) is 11.3 Å². The largest absolute Gasteiger partial charge is 0.391 e. The molecule has 1 heterocycles. The molecule has 0 spiro atoms. The Morgan fingerprint density at radius 1 is 1.12 bits per heavy atom. The predicted octanol–water partition coefficient (Wildman–Crippen LogP) is 2.20. The summed E-state index contributed by atoms with van der Waals surface area (Å²) < 4.78 is 0. The van der Waals surface area contributed by atoms with E-state index >= 15 is 0 Å². The number of rotatable bonds is 4. The van der Waals surface area contributed by atoms with Crippen LogP contribution in [0.4, 0.5) is 0 Å². The van der Waals surface area contributed by atoms with Crippen molar-refractivity contribution in [2.45, 2.75) is 12.0 Å². The van der Waals surface area contributed by atoms with Crippen molar-refractivity contribution in [2.75, 3.05) is 6.54 Å². The third-order valence-corrected chi connectivity index (χ3v) is 3.59. The van der Waals surface area contributed by atoms with E-state index in [-0.39, 0.29) is 12.5 Å². The highest BCUT2D eigenvalue weighted by Gasteiger charge is 2.22. The van der Waals surface area contributed by atoms with Gasteiger partial charge in [0.1, 0.15) is 0 Å². The molecule has 84 valence electrons. The number of hydrogen-bond donors (Lipinski definition) is 2. The molecular formula is C13H15NOS. The van der Waals surface area contributed by atoms with Crippen molar-refractivity contribution in [2.24, 2.45) is 5.73 Å². The van der Waals surface area contributed by atoms with Crippen LogP contribution in [0.3, 0.4) is 0 Å². The van der Waals surface area contributed by atoms with Gasteiger partial charge in [-0.3, -0.25) is 0 Å². The van der Waals surface area contributed by atoms with E-state index in [2.05, 4.69) is 0 Å². The summed E-state index contributed by atoms with van der Waals surface area (Å²) in [6, 6.07) is 14.1. The molecule has 1 aromatic carbocycles. The Bertz CT molecular complexity index is 413. The minimum Gasteiger partial charge on any atom is -0.391 e. The predicted molar refractivity (Wildman–Crippen MR) is 67.7 cm³/mol. The molecule has 0 saturated carbocycles. The van der Waals surface area contributed by atoms with Crippen LogP contribution in [-0.2, 0) is 0 Å². The molecule has 0 aliphatic carbocycles. The fourth-order valence-electron chi connectivity index (χ4n) is 1.84. The molecule has 2 rings (SSSR count). The number of aliphatic hydroxyl groups excluding tert-OH is 1. The maximum atomic E-state index is 10.0. The molecule has 16 heavy (non-hydrogen) atoms. The molecule has 0 aliphatic rings. The molecule has 3 N–H and O–H groups in total. The van der Waals surface area contributed by atoms with Crippen molar-refractivity contribution in [3.8, 4) is 0 Å². The molecule has 0 aliphatic heterocycles. The Morgan fingerprint density at radius 3 is 2.44 bits per heavy atom. The lowest BCUT2D eigenvalue weighted by Crippen LogP contribution is -2.27. The van der Waals surface area contributed by atoms with Crippen LogP contribution in [0.2, 0.25) is 0 Å². The monoisotopic (exact) mass is 233 g/mol. The molecular weight excluding hydrogens is 218 g/mol. The Balaban J connectivity index is 2.36. The highest BCUT2D eigenvalue weighted by molar-refractivity contribution is 7.10. The van der Waals surface area contributed by atoms with Crippen LogP contribution in [0.1, 0.15) is 16.4 Å². The molecule has 2 nitrogen and oxygen atoms in total. The van der Waals surface area contributed by atoms with Gasteiger partial charge in [-0.1, -0.05) is 36.4 Å². The van der Waals surface area contributed by atoms with Crippen LogP contribution in [0, 0.1) is 0 Å². The standard InChI is InChI=1S/C13H15NOS/c14-9-11(15)13(12-7-4-8-16-12)10-5-2-1-3-6-10/h1-8,11,13,15H,9,14H2. The maximum absolute atomic E-state index is 10.0. The first kappa shape index (κ1) is 11.3. The fourth-order valence-corrected chi connectivity index (χ4v) is 2.75. The third kappa shape index (κ3) is 2.32. The minimum absolute atomic E-state index is 0.00815. The SMILES string of the molecule is NCC(O)C(c1ccccc1)c1cccs1. The highest BCUT2D eigenvalue weighted by Crippen LogP contribution is 2.30. The van der Waals surface area contributed by atoms with Gasteiger partial charge in [0, 0.05) is 17.3 Å². The lowest BCUT2D eigenvalue weighted by molar-refractivity contribution is 0.166. The topological polar surface area (TPSA) is 46.2 Å². The normalized spacial score (nSPS) is 14.6. The summed E-state index contributed by atoms with van der Waals surface area (Å²) in [5.41, 5.74) is 6.68. The highest BCUT2D eigenvalue weighted by atomic mass is 32.1. The summed E-state index contributed by atoms with van der Waals surface area (Å²) >= 11 is 1.65. The van der Waals surface area contributed by atoms with Gasteiger partial charge in [-0.05, 0) is 17.0 Å². The van der Waals surface area contributed by atoms with Crippen molar-refractivity contribution in [3.63, 3.8) is 0 Å². The second kappa shape index (κ2) is 5.25. The van der Waals surface area contributed by atoms with E-state index in [0.29, 0.717) is 0 Å². The van der Waals surface area contributed by atoms with Crippen molar-refractivity contribution >= 4 is 11.3 Å². The van der Waals surface area contributed by atoms with Gasteiger partial charge in [0.05, 0.1) is 6.10 Å². The zero-order valence-corrected chi connectivity index (χ0v) is 9.73. The zero-order chi connectivity index (χ0) is 11.4. The van der Waals surface area contributed by atoms with Crippen LogP contribution in [-0.4, -0.2) is 17.8 Å². The molecule has 0 saturated heterocycles. The molecule has 0 fully saturated rings. The average Bonchev–Trinajstić information content (AvgIpc) is 2.84. The molecule has 0 bridgehead atoms. The first-order valence-corrected chi connectivity index (χ1v) is 6.17. The van der Waals surface area contributed by atoms with Gasteiger partial charge in [0.15, 0.2) is 0 Å². The summed E-state index contributed by atoms with van der Waals surface area (Å²) in [4.78, 5) is 1.16. The number of thiophene rings is 1. The molecule has 1 aromatic heterocycles. The Hall–Kier alpha value is -1.16. The fraction of sp³-hybridized carbons (Fsp3) is 0.231. The molecule has 0 amide bonds. The van der Waals surface area contributed by atoms with Crippen molar-refractivity contribution in [3.05, 3.63) is 58.3 Å². The first-order valence-electron chi connectivity index (χ1n) is 5.29. The van der Waals surface area contributed by atoms with Crippen LogP contribution in [0.15, 0.2) is 47.8 Å². The van der Waals surface area contributed by atoms with E-state index in [1.54, 1.807) is 11.3 Å². The van der Waals surface area contributed by atoms with E-state index in [0.717, 1.165) is 10.4 Å². The lowest BCUT2D eigenvalue weighted by Gasteiger charge is -2.21.